The molecule has 0 saturated heterocycles. The molecule has 3 nitrogen and oxygen atoms in total. The van der Waals surface area contributed by atoms with Crippen LogP contribution in [0.5, 0.6) is 0 Å². The van der Waals surface area contributed by atoms with Gasteiger partial charge in [0.05, 0.1) is 12.0 Å². The van der Waals surface area contributed by atoms with E-state index in [-0.39, 0.29) is 5.57 Å². The number of allylic oxidation sites excluding steroid dienone is 1. The molecule has 0 saturated carbocycles. The summed E-state index contributed by atoms with van der Waals surface area (Å²) in [5.41, 5.74) is 1.70. The van der Waals surface area contributed by atoms with Gasteiger partial charge in [-0.05, 0) is 0 Å². The molecule has 0 bridgehead atoms. The molecule has 1 aromatic heterocycles. The second kappa shape index (κ2) is 4.60. The summed E-state index contributed by atoms with van der Waals surface area (Å²) < 4.78 is 0. The molecule has 1 N–H and O–H groups in total. The Morgan fingerprint density at radius 2 is 2.12 bits per heavy atom. The summed E-state index contributed by atoms with van der Waals surface area (Å²) in [5.74, 6) is 0. The highest BCUT2D eigenvalue weighted by atomic mass is 32.1. The maximum atomic E-state index is 8.84. The summed E-state index contributed by atoms with van der Waals surface area (Å²) in [6.07, 6.45) is 0.782. The Kier molecular flexibility index (Phi) is 2.99. The number of aromatic nitrogens is 1. The number of hydrogen-bond donors (Lipinski definition) is 1. The molecular formula is C12H8N2OS. The molecule has 0 aliphatic rings. The number of aliphatic hydroxyl groups excluding tert-OH is 1. The van der Waals surface area contributed by atoms with Crippen molar-refractivity contribution in [1.82, 2.24) is 4.98 Å². The Balaban J connectivity index is 2.38. The van der Waals surface area contributed by atoms with E-state index in [1.807, 2.05) is 36.4 Å². The first-order valence-corrected chi connectivity index (χ1v) is 5.49. The van der Waals surface area contributed by atoms with Gasteiger partial charge < -0.3 is 5.11 Å². The first kappa shape index (κ1) is 10.4. The summed E-state index contributed by atoms with van der Waals surface area (Å²) >= 11 is 1.45. The lowest BCUT2D eigenvalue weighted by atomic mass is 10.2. The lowest BCUT2D eigenvalue weighted by molar-refractivity contribution is 0.476. The monoisotopic (exact) mass is 228 g/mol. The van der Waals surface area contributed by atoms with Gasteiger partial charge in [0.2, 0.25) is 0 Å². The quantitative estimate of drug-likeness (QED) is 0.634. The summed E-state index contributed by atoms with van der Waals surface area (Å²) in [6.45, 7) is 0. The van der Waals surface area contributed by atoms with Crippen molar-refractivity contribution in [2.75, 3.05) is 0 Å². The first-order valence-electron chi connectivity index (χ1n) is 4.61. The van der Waals surface area contributed by atoms with Crippen molar-refractivity contribution in [3.8, 4) is 16.6 Å². The molecule has 0 spiro atoms. The molecule has 0 amide bonds. The fraction of sp³-hybridized carbons (Fsp3) is 0. The highest BCUT2D eigenvalue weighted by Crippen LogP contribution is 2.25. The van der Waals surface area contributed by atoms with Crippen molar-refractivity contribution in [2.45, 2.75) is 0 Å². The molecule has 0 aliphatic carbocycles. The lowest BCUT2D eigenvalue weighted by Crippen LogP contribution is -1.82. The summed E-state index contributed by atoms with van der Waals surface area (Å²) in [4.78, 5) is 4.29. The molecule has 0 fully saturated rings. The first-order chi connectivity index (χ1) is 7.85. The number of aliphatic hydroxyl groups is 1. The van der Waals surface area contributed by atoms with Crippen LogP contribution < -0.4 is 0 Å². The van der Waals surface area contributed by atoms with Gasteiger partial charge in [-0.25, -0.2) is 4.98 Å². The van der Waals surface area contributed by atoms with Crippen molar-refractivity contribution in [2.24, 2.45) is 0 Å². The molecule has 1 aromatic carbocycles. The van der Waals surface area contributed by atoms with Crippen LogP contribution in [-0.2, 0) is 0 Å². The van der Waals surface area contributed by atoms with E-state index < -0.39 is 0 Å². The van der Waals surface area contributed by atoms with E-state index in [1.54, 1.807) is 5.38 Å². The van der Waals surface area contributed by atoms with Crippen LogP contribution in [0.15, 0.2) is 42.0 Å². The molecule has 0 radical (unpaired) electrons. The van der Waals surface area contributed by atoms with Gasteiger partial charge >= 0.3 is 0 Å². The Morgan fingerprint density at radius 1 is 1.38 bits per heavy atom. The highest BCUT2D eigenvalue weighted by molar-refractivity contribution is 7.13. The second-order valence-electron chi connectivity index (χ2n) is 3.06. The molecule has 78 valence electrons. The van der Waals surface area contributed by atoms with E-state index in [1.165, 1.54) is 11.3 Å². The number of thiazole rings is 1. The van der Waals surface area contributed by atoms with Gasteiger partial charge in [0.25, 0.3) is 0 Å². The van der Waals surface area contributed by atoms with Gasteiger partial charge in [0, 0.05) is 10.9 Å². The SMILES string of the molecule is N#CC(=CO)c1csc(-c2ccccc2)n1. The van der Waals surface area contributed by atoms with Crippen LogP contribution >= 0.6 is 11.3 Å². The molecular weight excluding hydrogens is 220 g/mol. The smallest absolute Gasteiger partial charge is 0.124 e. The van der Waals surface area contributed by atoms with E-state index in [0.29, 0.717) is 5.69 Å². The fourth-order valence-electron chi connectivity index (χ4n) is 1.26. The lowest BCUT2D eigenvalue weighted by Gasteiger charge is -1.93. The second-order valence-corrected chi connectivity index (χ2v) is 3.92. The zero-order chi connectivity index (χ0) is 11.4. The van der Waals surface area contributed by atoms with E-state index in [2.05, 4.69) is 4.98 Å². The number of benzene rings is 1. The molecule has 0 aliphatic heterocycles. The molecule has 0 unspecified atom stereocenters. The molecule has 16 heavy (non-hydrogen) atoms. The minimum atomic E-state index is 0.179. The minimum absolute atomic E-state index is 0.179. The summed E-state index contributed by atoms with van der Waals surface area (Å²) in [7, 11) is 0. The third-order valence-corrected chi connectivity index (χ3v) is 2.94. The predicted octanol–water partition coefficient (Wildman–Crippen LogP) is 3.23. The summed E-state index contributed by atoms with van der Waals surface area (Å²) in [5, 5.41) is 20.2. The Labute approximate surface area is 96.9 Å². The maximum absolute atomic E-state index is 8.84. The molecule has 2 rings (SSSR count). The predicted molar refractivity (Wildman–Crippen MR) is 63.8 cm³/mol. The zero-order valence-electron chi connectivity index (χ0n) is 8.29. The fourth-order valence-corrected chi connectivity index (χ4v) is 2.09. The van der Waals surface area contributed by atoms with Crippen LogP contribution in [0.3, 0.4) is 0 Å². The van der Waals surface area contributed by atoms with Crippen molar-refractivity contribution >= 4 is 16.9 Å². The van der Waals surface area contributed by atoms with Crippen molar-refractivity contribution in [3.63, 3.8) is 0 Å². The topological polar surface area (TPSA) is 56.9 Å². The third-order valence-electron chi connectivity index (χ3n) is 2.05. The Hall–Kier alpha value is -2.12. The molecule has 2 aromatic rings. The number of nitriles is 1. The van der Waals surface area contributed by atoms with Crippen LogP contribution in [0.25, 0.3) is 16.1 Å². The van der Waals surface area contributed by atoms with Gasteiger partial charge in [-0.2, -0.15) is 5.26 Å². The average molecular weight is 228 g/mol. The van der Waals surface area contributed by atoms with Gasteiger partial charge in [0.1, 0.15) is 16.6 Å². The van der Waals surface area contributed by atoms with Crippen LogP contribution in [0, 0.1) is 11.3 Å². The maximum Gasteiger partial charge on any atom is 0.124 e. The molecule has 1 heterocycles. The van der Waals surface area contributed by atoms with Gasteiger partial charge in [0.15, 0.2) is 0 Å². The van der Waals surface area contributed by atoms with Gasteiger partial charge in [-0.1, -0.05) is 30.3 Å². The van der Waals surface area contributed by atoms with Crippen molar-refractivity contribution < 1.29 is 5.11 Å². The number of hydrogen-bond acceptors (Lipinski definition) is 4. The van der Waals surface area contributed by atoms with E-state index in [0.717, 1.165) is 16.8 Å². The standard InChI is InChI=1S/C12H8N2OS/c13-6-10(7-15)11-8-16-12(14-11)9-4-2-1-3-5-9/h1-5,7-8,15H. The highest BCUT2D eigenvalue weighted by Gasteiger charge is 2.07. The van der Waals surface area contributed by atoms with Gasteiger partial charge in [-0.15, -0.1) is 11.3 Å². The van der Waals surface area contributed by atoms with Crippen LogP contribution in [0.2, 0.25) is 0 Å². The molecule has 0 atom stereocenters. The van der Waals surface area contributed by atoms with Crippen LogP contribution in [0.1, 0.15) is 5.69 Å². The Bertz CT molecular complexity index is 552. The summed E-state index contributed by atoms with van der Waals surface area (Å²) in [6, 6.07) is 11.6. The number of nitrogens with zero attached hydrogens (tertiary/aromatic N) is 2. The van der Waals surface area contributed by atoms with E-state index in [4.69, 9.17) is 10.4 Å². The van der Waals surface area contributed by atoms with E-state index in [9.17, 15) is 0 Å². The minimum Gasteiger partial charge on any atom is -0.514 e. The van der Waals surface area contributed by atoms with E-state index >= 15 is 0 Å². The van der Waals surface area contributed by atoms with Crippen LogP contribution in [-0.4, -0.2) is 10.1 Å². The third kappa shape index (κ3) is 1.95. The van der Waals surface area contributed by atoms with Crippen LogP contribution in [0.4, 0.5) is 0 Å². The number of rotatable bonds is 2. The van der Waals surface area contributed by atoms with Crippen molar-refractivity contribution in [3.05, 3.63) is 47.7 Å². The molecule has 4 heteroatoms. The average Bonchev–Trinajstić information content (AvgIpc) is 2.81. The zero-order valence-corrected chi connectivity index (χ0v) is 9.11. The normalized spacial score (nSPS) is 11.1. The largest absolute Gasteiger partial charge is 0.514 e. The Morgan fingerprint density at radius 3 is 2.75 bits per heavy atom. The van der Waals surface area contributed by atoms with Gasteiger partial charge in [-0.3, -0.25) is 0 Å². The van der Waals surface area contributed by atoms with Crippen molar-refractivity contribution in [1.29, 1.82) is 5.26 Å².